The molecule has 0 radical (unpaired) electrons. The molecule has 1 atom stereocenters. The highest BCUT2D eigenvalue weighted by atomic mass is 32.2. The van der Waals surface area contributed by atoms with Crippen LogP contribution < -0.4 is 10.2 Å². The van der Waals surface area contributed by atoms with Crippen molar-refractivity contribution in [3.63, 3.8) is 0 Å². The standard InChI is InChI=1S/C18H14N2O7S/c21-10-3-1-9(2-4-10)20-16(24)14(28-18(20)27)8-15(23)19-13-6-5-11(22)7-12(13)17(25)26/h1-7,14,21-22H,8H2,(H,19,23)(H,25,26). The van der Waals surface area contributed by atoms with Gasteiger partial charge in [0.05, 0.1) is 16.9 Å². The molecule has 0 saturated carbocycles. The van der Waals surface area contributed by atoms with Crippen LogP contribution in [0.2, 0.25) is 0 Å². The number of amides is 3. The molecule has 1 aliphatic rings. The fraction of sp³-hybridized carbons (Fsp3) is 0.111. The Hall–Kier alpha value is -3.53. The SMILES string of the molecule is O=C(CC1SC(=O)N(c2ccc(O)cc2)C1=O)Nc1ccc(O)cc1C(=O)O. The average molecular weight is 402 g/mol. The molecule has 2 aromatic carbocycles. The normalized spacial score (nSPS) is 16.3. The molecule has 9 nitrogen and oxygen atoms in total. The maximum Gasteiger partial charge on any atom is 0.337 e. The maximum atomic E-state index is 12.5. The van der Waals surface area contributed by atoms with Gasteiger partial charge in [0, 0.05) is 6.42 Å². The Morgan fingerprint density at radius 3 is 2.32 bits per heavy atom. The Labute approximate surface area is 162 Å². The van der Waals surface area contributed by atoms with Crippen LogP contribution in [0, 0.1) is 0 Å². The summed E-state index contributed by atoms with van der Waals surface area (Å²) in [6, 6.07) is 8.91. The van der Waals surface area contributed by atoms with Gasteiger partial charge in [0.25, 0.3) is 5.24 Å². The molecule has 3 rings (SSSR count). The van der Waals surface area contributed by atoms with Gasteiger partial charge in [-0.25, -0.2) is 9.69 Å². The van der Waals surface area contributed by atoms with Crippen molar-refractivity contribution in [2.24, 2.45) is 0 Å². The molecule has 2 aromatic rings. The van der Waals surface area contributed by atoms with E-state index in [-0.39, 0.29) is 34.9 Å². The first kappa shape index (κ1) is 19.2. The predicted molar refractivity (Wildman–Crippen MR) is 101 cm³/mol. The zero-order chi connectivity index (χ0) is 20.4. The number of hydrogen-bond donors (Lipinski definition) is 4. The summed E-state index contributed by atoms with van der Waals surface area (Å²) in [4.78, 5) is 49.1. The zero-order valence-electron chi connectivity index (χ0n) is 14.2. The first-order chi connectivity index (χ1) is 13.3. The summed E-state index contributed by atoms with van der Waals surface area (Å²) in [6.07, 6.45) is -0.343. The van der Waals surface area contributed by atoms with Crippen LogP contribution in [0.5, 0.6) is 11.5 Å². The van der Waals surface area contributed by atoms with Crippen molar-refractivity contribution in [1.29, 1.82) is 0 Å². The molecule has 28 heavy (non-hydrogen) atoms. The Morgan fingerprint density at radius 2 is 1.68 bits per heavy atom. The molecule has 0 bridgehead atoms. The van der Waals surface area contributed by atoms with E-state index in [1.54, 1.807) is 0 Å². The molecule has 0 spiro atoms. The maximum absolute atomic E-state index is 12.5. The highest BCUT2D eigenvalue weighted by Crippen LogP contribution is 2.34. The van der Waals surface area contributed by atoms with E-state index in [4.69, 9.17) is 5.11 Å². The average Bonchev–Trinajstić information content (AvgIpc) is 2.90. The van der Waals surface area contributed by atoms with Crippen LogP contribution in [0.25, 0.3) is 0 Å². The van der Waals surface area contributed by atoms with Crippen molar-refractivity contribution in [3.05, 3.63) is 48.0 Å². The lowest BCUT2D eigenvalue weighted by molar-refractivity contribution is -0.121. The summed E-state index contributed by atoms with van der Waals surface area (Å²) in [6.45, 7) is 0. The predicted octanol–water partition coefficient (Wildman–Crippen LogP) is 2.39. The van der Waals surface area contributed by atoms with E-state index >= 15 is 0 Å². The number of aromatic hydroxyl groups is 2. The van der Waals surface area contributed by atoms with Gasteiger partial charge in [-0.15, -0.1) is 0 Å². The number of carboxylic acids is 1. The largest absolute Gasteiger partial charge is 0.508 e. The molecule has 0 aromatic heterocycles. The van der Waals surface area contributed by atoms with E-state index in [9.17, 15) is 29.4 Å². The number of nitrogens with zero attached hydrogens (tertiary/aromatic N) is 1. The molecule has 10 heteroatoms. The minimum atomic E-state index is -1.34. The number of benzene rings is 2. The smallest absolute Gasteiger partial charge is 0.337 e. The van der Waals surface area contributed by atoms with E-state index in [0.29, 0.717) is 11.8 Å². The van der Waals surface area contributed by atoms with Crippen LogP contribution in [0.15, 0.2) is 42.5 Å². The fourth-order valence-corrected chi connectivity index (χ4v) is 3.60. The number of nitrogens with one attached hydrogen (secondary N) is 1. The van der Waals surface area contributed by atoms with Crippen LogP contribution in [-0.4, -0.2) is 43.6 Å². The van der Waals surface area contributed by atoms with Crippen molar-refractivity contribution in [2.75, 3.05) is 10.2 Å². The van der Waals surface area contributed by atoms with Crippen molar-refractivity contribution >= 4 is 46.2 Å². The molecule has 1 saturated heterocycles. The van der Waals surface area contributed by atoms with E-state index in [1.165, 1.54) is 36.4 Å². The van der Waals surface area contributed by atoms with Gasteiger partial charge in [-0.05, 0) is 54.2 Å². The number of aromatic carboxylic acids is 1. The minimum absolute atomic E-state index is 0.0189. The number of phenols is 2. The number of rotatable bonds is 5. The van der Waals surface area contributed by atoms with Gasteiger partial charge in [-0.1, -0.05) is 0 Å². The second-order valence-corrected chi connectivity index (χ2v) is 7.00. The molecular weight excluding hydrogens is 388 g/mol. The molecule has 1 fully saturated rings. The fourth-order valence-electron chi connectivity index (χ4n) is 2.61. The summed E-state index contributed by atoms with van der Waals surface area (Å²) < 4.78 is 0. The van der Waals surface area contributed by atoms with Gasteiger partial charge < -0.3 is 20.6 Å². The lowest BCUT2D eigenvalue weighted by Crippen LogP contribution is -2.33. The van der Waals surface area contributed by atoms with E-state index in [0.717, 1.165) is 11.0 Å². The Kier molecular flexibility index (Phi) is 5.23. The lowest BCUT2D eigenvalue weighted by atomic mass is 10.1. The van der Waals surface area contributed by atoms with Crippen molar-refractivity contribution in [1.82, 2.24) is 0 Å². The van der Waals surface area contributed by atoms with Crippen molar-refractivity contribution in [3.8, 4) is 11.5 Å². The van der Waals surface area contributed by atoms with Crippen LogP contribution >= 0.6 is 11.8 Å². The Bertz CT molecular complexity index is 974. The summed E-state index contributed by atoms with van der Waals surface area (Å²) in [5, 5.41) is 28.7. The van der Waals surface area contributed by atoms with Gasteiger partial charge >= 0.3 is 5.97 Å². The number of thioether (sulfide) groups is 1. The Morgan fingerprint density at radius 1 is 1.04 bits per heavy atom. The molecule has 0 aliphatic carbocycles. The third-order valence-electron chi connectivity index (χ3n) is 3.91. The van der Waals surface area contributed by atoms with E-state index in [2.05, 4.69) is 5.32 Å². The Balaban J connectivity index is 1.72. The van der Waals surface area contributed by atoms with Gasteiger partial charge in [0.15, 0.2) is 0 Å². The van der Waals surface area contributed by atoms with Gasteiger partial charge in [0.1, 0.15) is 16.7 Å². The number of carboxylic acid groups (broad SMARTS) is 1. The second-order valence-electron chi connectivity index (χ2n) is 5.85. The summed E-state index contributed by atoms with van der Waals surface area (Å²) >= 11 is 0.690. The summed E-state index contributed by atoms with van der Waals surface area (Å²) in [5.74, 6) is -2.87. The number of anilines is 2. The first-order valence-corrected chi connectivity index (χ1v) is 8.84. The molecule has 1 unspecified atom stereocenters. The molecule has 3 amide bonds. The summed E-state index contributed by atoms with van der Waals surface area (Å²) in [5.41, 5.74) is -0.0667. The highest BCUT2D eigenvalue weighted by Gasteiger charge is 2.41. The van der Waals surface area contributed by atoms with E-state index < -0.39 is 28.3 Å². The van der Waals surface area contributed by atoms with Gasteiger partial charge in [0.2, 0.25) is 11.8 Å². The highest BCUT2D eigenvalue weighted by molar-refractivity contribution is 8.15. The number of imide groups is 1. The van der Waals surface area contributed by atoms with Crippen LogP contribution in [-0.2, 0) is 9.59 Å². The van der Waals surface area contributed by atoms with Crippen LogP contribution in [0.3, 0.4) is 0 Å². The zero-order valence-corrected chi connectivity index (χ0v) is 15.0. The quantitative estimate of drug-likeness (QED) is 0.558. The third kappa shape index (κ3) is 3.91. The topological polar surface area (TPSA) is 144 Å². The monoisotopic (exact) mass is 402 g/mol. The minimum Gasteiger partial charge on any atom is -0.508 e. The molecule has 1 aliphatic heterocycles. The number of carbonyl (C=O) groups is 4. The first-order valence-electron chi connectivity index (χ1n) is 7.96. The molecular formula is C18H14N2O7S. The van der Waals surface area contributed by atoms with Crippen LogP contribution in [0.1, 0.15) is 16.8 Å². The van der Waals surface area contributed by atoms with Crippen molar-refractivity contribution < 1.29 is 34.5 Å². The molecule has 1 heterocycles. The van der Waals surface area contributed by atoms with Crippen molar-refractivity contribution in [2.45, 2.75) is 11.7 Å². The lowest BCUT2D eigenvalue weighted by Gasteiger charge is -2.14. The number of hydrogen-bond acceptors (Lipinski definition) is 7. The summed E-state index contributed by atoms with van der Waals surface area (Å²) in [7, 11) is 0. The van der Waals surface area contributed by atoms with Gasteiger partial charge in [-0.3, -0.25) is 14.4 Å². The number of carbonyl (C=O) groups excluding carboxylic acids is 3. The van der Waals surface area contributed by atoms with Crippen LogP contribution in [0.4, 0.5) is 16.2 Å². The third-order valence-corrected chi connectivity index (χ3v) is 4.94. The van der Waals surface area contributed by atoms with E-state index in [1.807, 2.05) is 0 Å². The molecule has 144 valence electrons. The number of phenolic OH excluding ortho intramolecular Hbond substituents is 2. The second kappa shape index (κ2) is 7.61. The van der Waals surface area contributed by atoms with Gasteiger partial charge in [-0.2, -0.15) is 0 Å². The molecule has 4 N–H and O–H groups in total.